The summed E-state index contributed by atoms with van der Waals surface area (Å²) in [5, 5.41) is 36.2. The minimum Gasteiger partial charge on any atom is -0.495 e. The highest BCUT2D eigenvalue weighted by atomic mass is 16.5. The van der Waals surface area contributed by atoms with Crippen molar-refractivity contribution in [2.24, 2.45) is 5.92 Å². The van der Waals surface area contributed by atoms with Crippen molar-refractivity contribution in [3.8, 4) is 11.8 Å². The Balaban J connectivity index is 1.66. The van der Waals surface area contributed by atoms with Crippen molar-refractivity contribution in [2.75, 3.05) is 31.3 Å². The lowest BCUT2D eigenvalue weighted by atomic mass is 10.0. The number of anilines is 2. The van der Waals surface area contributed by atoms with E-state index in [-0.39, 0.29) is 37.6 Å². The van der Waals surface area contributed by atoms with E-state index in [1.54, 1.807) is 23.1 Å². The molecule has 1 fully saturated rings. The Morgan fingerprint density at radius 3 is 2.86 bits per heavy atom. The van der Waals surface area contributed by atoms with Gasteiger partial charge in [0.15, 0.2) is 5.82 Å². The van der Waals surface area contributed by atoms with Crippen LogP contribution in [0.15, 0.2) is 18.5 Å². The van der Waals surface area contributed by atoms with Gasteiger partial charge in [-0.3, -0.25) is 14.6 Å². The number of amides is 1. The van der Waals surface area contributed by atoms with Crippen molar-refractivity contribution < 1.29 is 19.7 Å². The Morgan fingerprint density at radius 2 is 2.19 bits per heavy atom. The number of ether oxygens (including phenoxy) is 1. The second-order valence-electron chi connectivity index (χ2n) is 9.04. The summed E-state index contributed by atoms with van der Waals surface area (Å²) in [6.45, 7) is 2.52. The molecule has 0 spiro atoms. The number of hydrogen-bond acceptors (Lipinski definition) is 10. The number of nitriles is 1. The van der Waals surface area contributed by atoms with Gasteiger partial charge in [-0.2, -0.15) is 15.3 Å². The number of likely N-dealkylation sites (tertiary alicyclic amines) is 1. The van der Waals surface area contributed by atoms with Gasteiger partial charge in [-0.25, -0.2) is 9.78 Å². The number of pyridine rings is 1. The number of rotatable bonds is 10. The molecule has 4 rings (SSSR count). The lowest BCUT2D eigenvalue weighted by Crippen LogP contribution is -2.29. The van der Waals surface area contributed by atoms with Gasteiger partial charge in [-0.1, -0.05) is 13.3 Å². The average Bonchev–Trinajstić information content (AvgIpc) is 3.49. The number of nitrogens with zero attached hydrogens (tertiary/aromatic N) is 7. The molecule has 3 atom stereocenters. The van der Waals surface area contributed by atoms with E-state index in [0.29, 0.717) is 46.7 Å². The van der Waals surface area contributed by atoms with Gasteiger partial charge in [-0.05, 0) is 30.9 Å². The van der Waals surface area contributed by atoms with Crippen LogP contribution in [0.4, 0.5) is 16.6 Å². The lowest BCUT2D eigenvalue weighted by Gasteiger charge is -2.22. The monoisotopic (exact) mass is 509 g/mol. The molecular formula is C24H31N9O4. The lowest BCUT2D eigenvalue weighted by molar-refractivity contribution is 0.139. The van der Waals surface area contributed by atoms with Crippen LogP contribution in [-0.2, 0) is 6.54 Å². The molecule has 1 aliphatic heterocycles. The third-order valence-electron chi connectivity index (χ3n) is 6.55. The fraction of sp³-hybridized carbons (Fsp3) is 0.500. The van der Waals surface area contributed by atoms with Gasteiger partial charge in [0.2, 0.25) is 5.95 Å². The predicted octanol–water partition coefficient (Wildman–Crippen LogP) is 2.39. The van der Waals surface area contributed by atoms with Gasteiger partial charge < -0.3 is 26.0 Å². The summed E-state index contributed by atoms with van der Waals surface area (Å²) in [4.78, 5) is 26.3. The molecule has 0 radical (unpaired) electrons. The average molecular weight is 510 g/mol. The highest BCUT2D eigenvalue weighted by Gasteiger charge is 2.37. The Kier molecular flexibility index (Phi) is 7.88. The molecule has 196 valence electrons. The van der Waals surface area contributed by atoms with E-state index in [9.17, 15) is 20.3 Å². The molecule has 0 saturated carbocycles. The van der Waals surface area contributed by atoms with E-state index in [2.05, 4.69) is 38.4 Å². The van der Waals surface area contributed by atoms with Gasteiger partial charge in [0.25, 0.3) is 0 Å². The molecule has 13 heteroatoms. The van der Waals surface area contributed by atoms with Crippen LogP contribution in [0.2, 0.25) is 0 Å². The normalized spacial score (nSPS) is 18.1. The zero-order valence-corrected chi connectivity index (χ0v) is 20.8. The van der Waals surface area contributed by atoms with E-state index in [1.807, 2.05) is 0 Å². The Bertz CT molecular complexity index is 1300. The van der Waals surface area contributed by atoms with Crippen LogP contribution in [0.3, 0.4) is 0 Å². The van der Waals surface area contributed by atoms with Crippen molar-refractivity contribution in [1.29, 1.82) is 5.26 Å². The Hall–Kier alpha value is -4.18. The van der Waals surface area contributed by atoms with Crippen LogP contribution in [-0.4, -0.2) is 72.2 Å². The molecule has 5 N–H and O–H groups in total. The topological polar surface area (TPSA) is 188 Å². The van der Waals surface area contributed by atoms with Crippen molar-refractivity contribution in [2.45, 2.75) is 51.2 Å². The first kappa shape index (κ1) is 25.9. The third-order valence-corrected chi connectivity index (χ3v) is 6.55. The molecule has 1 aliphatic rings. The van der Waals surface area contributed by atoms with Gasteiger partial charge in [-0.15, -0.1) is 0 Å². The second-order valence-corrected chi connectivity index (χ2v) is 9.04. The number of aliphatic hydroxyl groups is 1. The zero-order chi connectivity index (χ0) is 26.5. The number of nitrogens with one attached hydrogen (secondary N) is 1. The number of aliphatic hydroxyl groups excluding tert-OH is 1. The standard InChI is InChI=1S/C24H31N9O4/c1-3-4-16(5-6-34)29-22-21-17(30-23(26)31-22)11-28-33(21)13-18-20(37-2)8-15(10-27-18)19-7-14(9-25)12-32(19)24(35)36/h8,10-11,14,16,19,34H,3-7,12-13H2,1-2H3,(H,35,36)(H3,26,29,30,31)/t14-,16-,19?/m0/s1. The predicted molar refractivity (Wildman–Crippen MR) is 135 cm³/mol. The minimum atomic E-state index is -1.07. The van der Waals surface area contributed by atoms with Crippen LogP contribution in [0.5, 0.6) is 5.75 Å². The molecule has 0 aromatic carbocycles. The van der Waals surface area contributed by atoms with Gasteiger partial charge in [0, 0.05) is 25.4 Å². The van der Waals surface area contributed by atoms with E-state index in [0.717, 1.165) is 12.8 Å². The molecule has 4 heterocycles. The first-order chi connectivity index (χ1) is 17.9. The maximum atomic E-state index is 11.7. The van der Waals surface area contributed by atoms with Gasteiger partial charge in [0.05, 0.1) is 37.9 Å². The number of carboxylic acid groups (broad SMARTS) is 1. The van der Waals surface area contributed by atoms with Crippen LogP contribution >= 0.6 is 0 Å². The summed E-state index contributed by atoms with van der Waals surface area (Å²) in [7, 11) is 1.52. The van der Waals surface area contributed by atoms with Crippen molar-refractivity contribution >= 4 is 28.9 Å². The van der Waals surface area contributed by atoms with Crippen molar-refractivity contribution in [3.63, 3.8) is 0 Å². The smallest absolute Gasteiger partial charge is 0.407 e. The quantitative estimate of drug-likeness (QED) is 0.314. The fourth-order valence-electron chi connectivity index (χ4n) is 4.79. The summed E-state index contributed by atoms with van der Waals surface area (Å²) in [5.41, 5.74) is 8.39. The van der Waals surface area contributed by atoms with Crippen molar-refractivity contribution in [1.82, 2.24) is 29.6 Å². The third kappa shape index (κ3) is 5.49. The number of nitrogen functional groups attached to an aromatic ring is 1. The summed E-state index contributed by atoms with van der Waals surface area (Å²) in [5.74, 6) is 0.738. The van der Waals surface area contributed by atoms with Crippen LogP contribution in [0.1, 0.15) is 49.9 Å². The van der Waals surface area contributed by atoms with Crippen LogP contribution in [0.25, 0.3) is 11.0 Å². The maximum absolute atomic E-state index is 11.7. The highest BCUT2D eigenvalue weighted by Crippen LogP contribution is 2.37. The molecule has 1 saturated heterocycles. The number of carbonyl (C=O) groups is 1. The molecule has 3 aromatic heterocycles. The largest absolute Gasteiger partial charge is 0.495 e. The molecule has 0 bridgehead atoms. The molecule has 1 amide bonds. The number of fused-ring (bicyclic) bond motifs is 1. The van der Waals surface area contributed by atoms with Crippen LogP contribution < -0.4 is 15.8 Å². The summed E-state index contributed by atoms with van der Waals surface area (Å²) >= 11 is 0. The molecule has 13 nitrogen and oxygen atoms in total. The summed E-state index contributed by atoms with van der Waals surface area (Å²) < 4.78 is 7.31. The summed E-state index contributed by atoms with van der Waals surface area (Å²) in [6, 6.07) is 3.46. The minimum absolute atomic E-state index is 0.00336. The molecule has 0 aliphatic carbocycles. The molecular weight excluding hydrogens is 478 g/mol. The van der Waals surface area contributed by atoms with Gasteiger partial charge in [0.1, 0.15) is 22.5 Å². The molecule has 3 aromatic rings. The number of aromatic nitrogens is 5. The first-order valence-corrected chi connectivity index (χ1v) is 12.2. The van der Waals surface area contributed by atoms with E-state index < -0.39 is 12.1 Å². The second kappa shape index (κ2) is 11.3. The number of methoxy groups -OCH3 is 1. The van der Waals surface area contributed by atoms with E-state index in [1.165, 1.54) is 12.0 Å². The molecule has 37 heavy (non-hydrogen) atoms. The number of nitrogens with two attached hydrogens (primary N) is 1. The van der Waals surface area contributed by atoms with Crippen molar-refractivity contribution in [3.05, 3.63) is 29.7 Å². The van der Waals surface area contributed by atoms with E-state index >= 15 is 0 Å². The summed E-state index contributed by atoms with van der Waals surface area (Å²) in [6.07, 6.45) is 4.89. The Morgan fingerprint density at radius 1 is 1.38 bits per heavy atom. The Labute approximate surface area is 213 Å². The van der Waals surface area contributed by atoms with Crippen LogP contribution in [0, 0.1) is 17.2 Å². The maximum Gasteiger partial charge on any atom is 0.407 e. The highest BCUT2D eigenvalue weighted by molar-refractivity contribution is 5.86. The number of hydrogen-bond donors (Lipinski definition) is 4. The van der Waals surface area contributed by atoms with Gasteiger partial charge >= 0.3 is 6.09 Å². The fourth-order valence-corrected chi connectivity index (χ4v) is 4.79. The van der Waals surface area contributed by atoms with E-state index in [4.69, 9.17) is 10.5 Å². The molecule has 1 unspecified atom stereocenters. The zero-order valence-electron chi connectivity index (χ0n) is 20.8. The SMILES string of the molecule is CCC[C@@H](CCO)Nc1nc(N)nc2cnn(Cc3ncc(C4C[C@@H](C#N)CN4C(=O)O)cc3OC)c12. The first-order valence-electron chi connectivity index (χ1n) is 12.2.